The third-order valence-electron chi connectivity index (χ3n) is 3.81. The molecule has 2 rings (SSSR count). The molecule has 1 atom stereocenters. The fourth-order valence-corrected chi connectivity index (χ4v) is 2.88. The number of rotatable bonds is 2. The van der Waals surface area contributed by atoms with Crippen LogP contribution >= 0.6 is 0 Å². The number of carbonyl (C=O) groups is 1. The van der Waals surface area contributed by atoms with Crippen LogP contribution in [0.15, 0.2) is 42.0 Å². The molecule has 0 spiro atoms. The van der Waals surface area contributed by atoms with Crippen molar-refractivity contribution >= 4 is 5.78 Å². The Bertz CT molecular complexity index is 440. The van der Waals surface area contributed by atoms with E-state index in [-0.39, 0.29) is 17.1 Å². The van der Waals surface area contributed by atoms with E-state index >= 15 is 0 Å². The van der Waals surface area contributed by atoms with Gasteiger partial charge in [-0.1, -0.05) is 55.8 Å². The second-order valence-electron chi connectivity index (χ2n) is 5.64. The van der Waals surface area contributed by atoms with Crippen LogP contribution in [0.4, 0.5) is 0 Å². The second kappa shape index (κ2) is 4.48. The largest absolute Gasteiger partial charge is 0.293 e. The monoisotopic (exact) mass is 228 g/mol. The number of benzene rings is 1. The van der Waals surface area contributed by atoms with Crippen LogP contribution in [0.25, 0.3) is 0 Å². The van der Waals surface area contributed by atoms with Crippen LogP contribution in [0.3, 0.4) is 0 Å². The van der Waals surface area contributed by atoms with Crippen LogP contribution < -0.4 is 0 Å². The Morgan fingerprint density at radius 1 is 1.24 bits per heavy atom. The van der Waals surface area contributed by atoms with Gasteiger partial charge in [-0.15, -0.1) is 0 Å². The van der Waals surface area contributed by atoms with E-state index < -0.39 is 0 Å². The number of ketones is 1. The highest BCUT2D eigenvalue weighted by atomic mass is 16.1. The normalized spacial score (nSPS) is 23.0. The third-order valence-corrected chi connectivity index (χ3v) is 3.81. The molecule has 0 saturated carbocycles. The zero-order chi connectivity index (χ0) is 12.5. The summed E-state index contributed by atoms with van der Waals surface area (Å²) in [5.41, 5.74) is 2.14. The van der Waals surface area contributed by atoms with Crippen molar-refractivity contribution in [1.82, 2.24) is 0 Å². The van der Waals surface area contributed by atoms with Gasteiger partial charge in [0.1, 0.15) is 0 Å². The van der Waals surface area contributed by atoms with Crippen molar-refractivity contribution in [2.24, 2.45) is 11.3 Å². The summed E-state index contributed by atoms with van der Waals surface area (Å²) in [6.07, 6.45) is 4.40. The van der Waals surface area contributed by atoms with E-state index in [9.17, 15) is 4.79 Å². The molecule has 0 unspecified atom stereocenters. The molecule has 0 aromatic heterocycles. The summed E-state index contributed by atoms with van der Waals surface area (Å²) in [6, 6.07) is 9.65. The smallest absolute Gasteiger partial charge is 0.170 e. The molecule has 0 N–H and O–H groups in total. The van der Waals surface area contributed by atoms with E-state index in [0.29, 0.717) is 0 Å². The van der Waals surface area contributed by atoms with Crippen LogP contribution in [-0.2, 0) is 0 Å². The maximum absolute atomic E-state index is 12.6. The van der Waals surface area contributed by atoms with E-state index in [4.69, 9.17) is 0 Å². The summed E-state index contributed by atoms with van der Waals surface area (Å²) in [5.74, 6) is 0.308. The van der Waals surface area contributed by atoms with Crippen molar-refractivity contribution in [1.29, 1.82) is 0 Å². The Kier molecular flexibility index (Phi) is 3.19. The van der Waals surface area contributed by atoms with Gasteiger partial charge < -0.3 is 0 Å². The molecule has 0 bridgehead atoms. The van der Waals surface area contributed by atoms with Gasteiger partial charge in [-0.05, 0) is 25.2 Å². The quantitative estimate of drug-likeness (QED) is 0.546. The highest BCUT2D eigenvalue weighted by molar-refractivity contribution is 6.00. The van der Waals surface area contributed by atoms with Gasteiger partial charge in [0.2, 0.25) is 0 Å². The van der Waals surface area contributed by atoms with Crippen molar-refractivity contribution < 1.29 is 4.79 Å². The van der Waals surface area contributed by atoms with E-state index in [1.54, 1.807) is 0 Å². The zero-order valence-corrected chi connectivity index (χ0v) is 10.9. The molecule has 0 fully saturated rings. The van der Waals surface area contributed by atoms with Gasteiger partial charge in [0.25, 0.3) is 0 Å². The Morgan fingerprint density at radius 2 is 1.88 bits per heavy atom. The van der Waals surface area contributed by atoms with E-state index in [0.717, 1.165) is 18.4 Å². The fourth-order valence-electron chi connectivity index (χ4n) is 2.88. The molecule has 1 aromatic rings. The molecule has 90 valence electrons. The van der Waals surface area contributed by atoms with Crippen molar-refractivity contribution in [3.8, 4) is 0 Å². The molecule has 1 aromatic carbocycles. The molecule has 0 amide bonds. The maximum Gasteiger partial charge on any atom is 0.170 e. The molecule has 1 aliphatic carbocycles. The molecular formula is C16H20O. The van der Waals surface area contributed by atoms with E-state index in [2.05, 4.69) is 26.8 Å². The van der Waals surface area contributed by atoms with Crippen molar-refractivity contribution in [3.63, 3.8) is 0 Å². The molecule has 1 nitrogen and oxygen atoms in total. The lowest BCUT2D eigenvalue weighted by Crippen LogP contribution is -2.34. The summed E-state index contributed by atoms with van der Waals surface area (Å²) < 4.78 is 0. The molecular weight excluding hydrogens is 208 g/mol. The lowest BCUT2D eigenvalue weighted by molar-refractivity contribution is 0.0820. The first-order chi connectivity index (χ1) is 8.02. The first-order valence-electron chi connectivity index (χ1n) is 6.28. The standard InChI is InChI=1S/C16H20O/c1-12-8-7-11-16(2,3)14(12)15(17)13-9-5-4-6-10-13/h4-6,8-10,14H,7,11H2,1-3H3/t14-/m0/s1. The summed E-state index contributed by atoms with van der Waals surface area (Å²) in [6.45, 7) is 6.50. The van der Waals surface area contributed by atoms with Crippen LogP contribution in [-0.4, -0.2) is 5.78 Å². The molecule has 0 saturated heterocycles. The van der Waals surface area contributed by atoms with Gasteiger partial charge >= 0.3 is 0 Å². The molecule has 17 heavy (non-hydrogen) atoms. The van der Waals surface area contributed by atoms with Crippen LogP contribution in [0.1, 0.15) is 44.0 Å². The molecule has 0 heterocycles. The minimum Gasteiger partial charge on any atom is -0.293 e. The number of Topliss-reactive ketones (excluding diaryl/α,β-unsaturated/α-hetero) is 1. The van der Waals surface area contributed by atoms with E-state index in [1.165, 1.54) is 5.57 Å². The minimum absolute atomic E-state index is 0.0404. The fraction of sp³-hybridized carbons (Fsp3) is 0.438. The van der Waals surface area contributed by atoms with Gasteiger partial charge in [0.15, 0.2) is 5.78 Å². The summed E-state index contributed by atoms with van der Waals surface area (Å²) >= 11 is 0. The molecule has 0 aliphatic heterocycles. The Balaban J connectivity index is 2.36. The number of hydrogen-bond donors (Lipinski definition) is 0. The van der Waals surface area contributed by atoms with Crippen molar-refractivity contribution in [2.45, 2.75) is 33.6 Å². The maximum atomic E-state index is 12.6. The van der Waals surface area contributed by atoms with Crippen LogP contribution in [0.2, 0.25) is 0 Å². The van der Waals surface area contributed by atoms with Gasteiger partial charge in [0, 0.05) is 11.5 Å². The van der Waals surface area contributed by atoms with Crippen LogP contribution in [0.5, 0.6) is 0 Å². The average molecular weight is 228 g/mol. The third kappa shape index (κ3) is 2.33. The highest BCUT2D eigenvalue weighted by Gasteiger charge is 2.38. The zero-order valence-electron chi connectivity index (χ0n) is 10.9. The topological polar surface area (TPSA) is 17.1 Å². The van der Waals surface area contributed by atoms with Crippen molar-refractivity contribution in [2.75, 3.05) is 0 Å². The lowest BCUT2D eigenvalue weighted by atomic mass is 9.66. The molecule has 1 heteroatoms. The van der Waals surface area contributed by atoms with Gasteiger partial charge in [-0.3, -0.25) is 4.79 Å². The first kappa shape index (κ1) is 12.1. The SMILES string of the molecule is CC1=CCCC(C)(C)[C@@H]1C(=O)c1ccccc1. The number of hydrogen-bond acceptors (Lipinski definition) is 1. The number of allylic oxidation sites excluding steroid dienone is 2. The second-order valence-corrected chi connectivity index (χ2v) is 5.64. The Labute approximate surface area is 104 Å². The Hall–Kier alpha value is -1.37. The number of carbonyl (C=O) groups excluding carboxylic acids is 1. The molecule has 1 aliphatic rings. The van der Waals surface area contributed by atoms with Gasteiger partial charge in [-0.2, -0.15) is 0 Å². The minimum atomic E-state index is 0.0404. The summed E-state index contributed by atoms with van der Waals surface area (Å²) in [5, 5.41) is 0. The Morgan fingerprint density at radius 3 is 2.47 bits per heavy atom. The summed E-state index contributed by atoms with van der Waals surface area (Å²) in [7, 11) is 0. The predicted molar refractivity (Wildman–Crippen MR) is 71.0 cm³/mol. The average Bonchev–Trinajstić information content (AvgIpc) is 2.28. The predicted octanol–water partition coefficient (Wildman–Crippen LogP) is 4.25. The summed E-state index contributed by atoms with van der Waals surface area (Å²) in [4.78, 5) is 12.6. The van der Waals surface area contributed by atoms with E-state index in [1.807, 2.05) is 30.3 Å². The van der Waals surface area contributed by atoms with Crippen LogP contribution in [0, 0.1) is 11.3 Å². The highest BCUT2D eigenvalue weighted by Crippen LogP contribution is 2.42. The molecule has 0 radical (unpaired) electrons. The lowest BCUT2D eigenvalue weighted by Gasteiger charge is -2.37. The van der Waals surface area contributed by atoms with Gasteiger partial charge in [-0.25, -0.2) is 0 Å². The van der Waals surface area contributed by atoms with Gasteiger partial charge in [0.05, 0.1) is 0 Å². The first-order valence-corrected chi connectivity index (χ1v) is 6.28. The van der Waals surface area contributed by atoms with Crippen molar-refractivity contribution in [3.05, 3.63) is 47.5 Å².